The lowest BCUT2D eigenvalue weighted by atomic mass is 10.1. The second kappa shape index (κ2) is 6.06. The highest BCUT2D eigenvalue weighted by Gasteiger charge is 2.23. The smallest absolute Gasteiger partial charge is 0.138 e. The van der Waals surface area contributed by atoms with E-state index >= 15 is 0 Å². The van der Waals surface area contributed by atoms with Crippen LogP contribution in [-0.2, 0) is 12.3 Å². The second-order valence-electron chi connectivity index (χ2n) is 4.72. The summed E-state index contributed by atoms with van der Waals surface area (Å²) in [6, 6.07) is 14.0. The Kier molecular flexibility index (Phi) is 4.18. The summed E-state index contributed by atoms with van der Waals surface area (Å²) in [5.41, 5.74) is 2.22. The zero-order chi connectivity index (χ0) is 13.9. The second-order valence-corrected chi connectivity index (χ2v) is 5.85. The van der Waals surface area contributed by atoms with Crippen molar-refractivity contribution in [3.8, 4) is 11.5 Å². The fraction of sp³-hybridized carbons (Fsp3) is 0.250. The van der Waals surface area contributed by atoms with E-state index in [9.17, 15) is 0 Å². The summed E-state index contributed by atoms with van der Waals surface area (Å²) in [5.74, 6) is 2.20. The first-order valence-corrected chi connectivity index (χ1v) is 7.81. The van der Waals surface area contributed by atoms with Crippen molar-refractivity contribution >= 4 is 27.5 Å². The van der Waals surface area contributed by atoms with Crippen LogP contribution in [-0.4, -0.2) is 12.7 Å². The summed E-state index contributed by atoms with van der Waals surface area (Å²) >= 11 is 9.44. The standard InChI is InChI=1S/C16H14BrClO2/c17-14-6-3-5-12(9-18)16(14)19-10-13-8-11-4-1-2-7-15(11)20-13/h1-7,13H,8-10H2. The van der Waals surface area contributed by atoms with Gasteiger partial charge in [0.15, 0.2) is 0 Å². The van der Waals surface area contributed by atoms with E-state index in [1.807, 2.05) is 36.4 Å². The number of halogens is 2. The van der Waals surface area contributed by atoms with Crippen molar-refractivity contribution in [1.29, 1.82) is 0 Å². The monoisotopic (exact) mass is 352 g/mol. The van der Waals surface area contributed by atoms with E-state index in [2.05, 4.69) is 22.0 Å². The lowest BCUT2D eigenvalue weighted by molar-refractivity contribution is 0.147. The molecule has 0 bridgehead atoms. The van der Waals surface area contributed by atoms with Crippen molar-refractivity contribution in [2.45, 2.75) is 18.4 Å². The van der Waals surface area contributed by atoms with E-state index in [0.29, 0.717) is 12.5 Å². The molecular weight excluding hydrogens is 340 g/mol. The number of para-hydroxylation sites is 2. The molecule has 0 aliphatic carbocycles. The molecule has 4 heteroatoms. The highest BCUT2D eigenvalue weighted by molar-refractivity contribution is 9.10. The van der Waals surface area contributed by atoms with Gasteiger partial charge in [0.2, 0.25) is 0 Å². The first-order chi connectivity index (χ1) is 9.78. The molecule has 0 saturated heterocycles. The molecule has 1 aliphatic rings. The number of rotatable bonds is 4. The van der Waals surface area contributed by atoms with E-state index in [-0.39, 0.29) is 6.10 Å². The van der Waals surface area contributed by atoms with Crippen LogP contribution in [0.25, 0.3) is 0 Å². The lowest BCUT2D eigenvalue weighted by Crippen LogP contribution is -2.22. The third kappa shape index (κ3) is 2.79. The van der Waals surface area contributed by atoms with Crippen molar-refractivity contribution in [2.24, 2.45) is 0 Å². The molecule has 0 spiro atoms. The molecule has 2 nitrogen and oxygen atoms in total. The molecular formula is C16H14BrClO2. The Morgan fingerprint density at radius 2 is 2.05 bits per heavy atom. The Morgan fingerprint density at radius 1 is 1.20 bits per heavy atom. The van der Waals surface area contributed by atoms with Crippen LogP contribution in [0.2, 0.25) is 0 Å². The van der Waals surface area contributed by atoms with Gasteiger partial charge in [0.1, 0.15) is 24.2 Å². The summed E-state index contributed by atoms with van der Waals surface area (Å²) < 4.78 is 12.7. The van der Waals surface area contributed by atoms with E-state index < -0.39 is 0 Å². The van der Waals surface area contributed by atoms with Gasteiger partial charge in [-0.1, -0.05) is 30.3 Å². The average Bonchev–Trinajstić information content (AvgIpc) is 2.88. The number of benzene rings is 2. The summed E-state index contributed by atoms with van der Waals surface area (Å²) in [6.45, 7) is 0.515. The molecule has 0 amide bonds. The highest BCUT2D eigenvalue weighted by atomic mass is 79.9. The van der Waals surface area contributed by atoms with Gasteiger partial charge >= 0.3 is 0 Å². The SMILES string of the molecule is ClCc1cccc(Br)c1OCC1Cc2ccccc2O1. The molecule has 1 unspecified atom stereocenters. The molecule has 1 atom stereocenters. The average molecular weight is 354 g/mol. The minimum Gasteiger partial charge on any atom is -0.488 e. The molecule has 2 aromatic carbocycles. The van der Waals surface area contributed by atoms with Crippen LogP contribution in [0.4, 0.5) is 0 Å². The third-order valence-corrected chi connectivity index (χ3v) is 4.23. The van der Waals surface area contributed by atoms with E-state index in [1.54, 1.807) is 0 Å². The van der Waals surface area contributed by atoms with Gasteiger partial charge in [0, 0.05) is 12.0 Å². The highest BCUT2D eigenvalue weighted by Crippen LogP contribution is 2.32. The Hall–Kier alpha value is -1.19. The first-order valence-electron chi connectivity index (χ1n) is 6.48. The minimum absolute atomic E-state index is 0.0580. The van der Waals surface area contributed by atoms with Crippen LogP contribution in [0, 0.1) is 0 Å². The summed E-state index contributed by atoms with van der Waals surface area (Å²) in [5, 5.41) is 0. The summed E-state index contributed by atoms with van der Waals surface area (Å²) in [6.07, 6.45) is 0.944. The van der Waals surface area contributed by atoms with Crippen molar-refractivity contribution in [3.63, 3.8) is 0 Å². The van der Waals surface area contributed by atoms with Crippen LogP contribution in [0.3, 0.4) is 0 Å². The van der Waals surface area contributed by atoms with E-state index in [0.717, 1.165) is 28.0 Å². The predicted molar refractivity (Wildman–Crippen MR) is 83.8 cm³/mol. The van der Waals surface area contributed by atoms with Crippen molar-refractivity contribution in [2.75, 3.05) is 6.61 Å². The van der Waals surface area contributed by atoms with Gasteiger partial charge in [0.25, 0.3) is 0 Å². The number of fused-ring (bicyclic) bond motifs is 1. The van der Waals surface area contributed by atoms with Crippen LogP contribution >= 0.6 is 27.5 Å². The predicted octanol–water partition coefficient (Wildman–Crippen LogP) is 4.57. The number of hydrogen-bond donors (Lipinski definition) is 0. The number of hydrogen-bond acceptors (Lipinski definition) is 2. The maximum absolute atomic E-state index is 5.94. The molecule has 1 heterocycles. The molecule has 20 heavy (non-hydrogen) atoms. The molecule has 0 radical (unpaired) electrons. The third-order valence-electron chi connectivity index (χ3n) is 3.32. The quantitative estimate of drug-likeness (QED) is 0.750. The molecule has 0 aromatic heterocycles. The molecule has 0 saturated carbocycles. The Bertz CT molecular complexity index is 590. The topological polar surface area (TPSA) is 18.5 Å². The molecule has 3 rings (SSSR count). The van der Waals surface area contributed by atoms with Crippen LogP contribution in [0.15, 0.2) is 46.9 Å². The number of ether oxygens (including phenoxy) is 2. The molecule has 2 aromatic rings. The zero-order valence-electron chi connectivity index (χ0n) is 10.8. The molecule has 0 fully saturated rings. The van der Waals surface area contributed by atoms with Crippen molar-refractivity contribution in [1.82, 2.24) is 0 Å². The van der Waals surface area contributed by atoms with Gasteiger partial charge in [-0.25, -0.2) is 0 Å². The Balaban J connectivity index is 1.67. The largest absolute Gasteiger partial charge is 0.488 e. The van der Waals surface area contributed by atoms with Gasteiger partial charge in [-0.3, -0.25) is 0 Å². The molecule has 104 valence electrons. The summed E-state index contributed by atoms with van der Waals surface area (Å²) in [7, 11) is 0. The fourth-order valence-electron chi connectivity index (χ4n) is 2.34. The summed E-state index contributed by atoms with van der Waals surface area (Å²) in [4.78, 5) is 0. The maximum Gasteiger partial charge on any atom is 0.138 e. The first kappa shape index (κ1) is 13.8. The van der Waals surface area contributed by atoms with Gasteiger partial charge < -0.3 is 9.47 Å². The van der Waals surface area contributed by atoms with E-state index in [1.165, 1.54) is 5.56 Å². The zero-order valence-corrected chi connectivity index (χ0v) is 13.2. The van der Waals surface area contributed by atoms with Crippen LogP contribution in [0.5, 0.6) is 11.5 Å². The normalized spacial score (nSPS) is 16.6. The molecule has 1 aliphatic heterocycles. The van der Waals surface area contributed by atoms with Gasteiger partial charge in [0.05, 0.1) is 10.4 Å². The Morgan fingerprint density at radius 3 is 2.85 bits per heavy atom. The molecule has 0 N–H and O–H groups in total. The maximum atomic E-state index is 5.94. The van der Waals surface area contributed by atoms with Crippen molar-refractivity contribution < 1.29 is 9.47 Å². The van der Waals surface area contributed by atoms with Gasteiger partial charge in [-0.15, -0.1) is 11.6 Å². The number of alkyl halides is 1. The van der Waals surface area contributed by atoms with Crippen LogP contribution < -0.4 is 9.47 Å². The fourth-order valence-corrected chi connectivity index (χ4v) is 3.08. The van der Waals surface area contributed by atoms with Gasteiger partial charge in [-0.2, -0.15) is 0 Å². The van der Waals surface area contributed by atoms with Gasteiger partial charge in [-0.05, 0) is 33.6 Å². The Labute approximate surface area is 131 Å². The lowest BCUT2D eigenvalue weighted by Gasteiger charge is -2.15. The van der Waals surface area contributed by atoms with Crippen LogP contribution in [0.1, 0.15) is 11.1 Å². The van der Waals surface area contributed by atoms with E-state index in [4.69, 9.17) is 21.1 Å². The minimum atomic E-state index is 0.0580. The van der Waals surface area contributed by atoms with Crippen molar-refractivity contribution in [3.05, 3.63) is 58.1 Å².